The Labute approximate surface area is 119 Å². The van der Waals surface area contributed by atoms with Gasteiger partial charge in [0.25, 0.3) is 0 Å². The molecule has 0 saturated heterocycles. The molecule has 104 valence electrons. The zero-order valence-electron chi connectivity index (χ0n) is 10.6. The third-order valence-electron chi connectivity index (χ3n) is 2.39. The van der Waals surface area contributed by atoms with Gasteiger partial charge >= 0.3 is 5.97 Å². The number of nitrogens with one attached hydrogen (secondary N) is 1. The average Bonchev–Trinajstić information content (AvgIpc) is 2.44. The molecule has 7 heteroatoms. The summed E-state index contributed by atoms with van der Waals surface area (Å²) in [5.41, 5.74) is 0.656. The van der Waals surface area contributed by atoms with Gasteiger partial charge in [-0.1, -0.05) is 12.1 Å². The van der Waals surface area contributed by atoms with E-state index >= 15 is 0 Å². The van der Waals surface area contributed by atoms with E-state index in [9.17, 15) is 9.18 Å². The van der Waals surface area contributed by atoms with E-state index in [1.165, 1.54) is 0 Å². The van der Waals surface area contributed by atoms with Crippen LogP contribution < -0.4 is 5.32 Å². The first-order valence-corrected chi connectivity index (χ1v) is 6.21. The molecule has 0 saturated carbocycles. The van der Waals surface area contributed by atoms with Crippen molar-refractivity contribution in [3.05, 3.63) is 47.1 Å². The summed E-state index contributed by atoms with van der Waals surface area (Å²) in [5, 5.41) is 2.61. The summed E-state index contributed by atoms with van der Waals surface area (Å²) < 4.78 is 18.5. The molecule has 1 aromatic heterocycles. The Balaban J connectivity index is 2.34. The van der Waals surface area contributed by atoms with E-state index < -0.39 is 11.8 Å². The number of nitrogens with zero attached hydrogens (tertiary/aromatic N) is 2. The predicted molar refractivity (Wildman–Crippen MR) is 72.7 cm³/mol. The third kappa shape index (κ3) is 3.21. The number of carbonyl (C=O) groups excluding carboxylic acids is 1. The second kappa shape index (κ2) is 6.29. The number of para-hydroxylation sites is 1. The molecule has 1 N–H and O–H groups in total. The minimum Gasteiger partial charge on any atom is -0.462 e. The highest BCUT2D eigenvalue weighted by Gasteiger charge is 2.14. The lowest BCUT2D eigenvalue weighted by atomic mass is 10.2. The second-order valence-electron chi connectivity index (χ2n) is 3.73. The molecule has 1 heterocycles. The van der Waals surface area contributed by atoms with Crippen LogP contribution in [0.3, 0.4) is 0 Å². The van der Waals surface area contributed by atoms with Gasteiger partial charge in [0.1, 0.15) is 0 Å². The molecule has 20 heavy (non-hydrogen) atoms. The number of anilines is 2. The molecule has 0 aliphatic rings. The number of ether oxygens (including phenoxy) is 1. The number of carbonyl (C=O) groups is 1. The Bertz CT molecular complexity index is 637. The van der Waals surface area contributed by atoms with Gasteiger partial charge in [0.15, 0.2) is 11.6 Å². The highest BCUT2D eigenvalue weighted by Crippen LogP contribution is 2.22. The number of halogens is 2. The quantitative estimate of drug-likeness (QED) is 0.693. The fraction of sp³-hybridized carbons (Fsp3) is 0.154. The molecular formula is C13H11ClFN3O2. The largest absolute Gasteiger partial charge is 0.462 e. The summed E-state index contributed by atoms with van der Waals surface area (Å²) in [4.78, 5) is 19.0. The molecule has 1 aromatic carbocycles. The van der Waals surface area contributed by atoms with Crippen LogP contribution in [-0.4, -0.2) is 22.5 Å². The van der Waals surface area contributed by atoms with Crippen molar-refractivity contribution in [2.45, 2.75) is 6.92 Å². The van der Waals surface area contributed by atoms with Crippen LogP contribution in [0, 0.1) is 5.82 Å². The van der Waals surface area contributed by atoms with Gasteiger partial charge in [0.05, 0.1) is 24.1 Å². The number of hydrogen-bond acceptors (Lipinski definition) is 5. The monoisotopic (exact) mass is 295 g/mol. The van der Waals surface area contributed by atoms with Gasteiger partial charge in [-0.3, -0.25) is 0 Å². The molecule has 0 fully saturated rings. The molecule has 0 atom stereocenters. The normalized spacial score (nSPS) is 10.2. The number of hydrogen-bond donors (Lipinski definition) is 1. The summed E-state index contributed by atoms with van der Waals surface area (Å²) in [6.07, 6.45) is 0.949. The van der Waals surface area contributed by atoms with E-state index in [4.69, 9.17) is 16.3 Å². The second-order valence-corrected chi connectivity index (χ2v) is 4.06. The van der Waals surface area contributed by atoms with Crippen LogP contribution in [-0.2, 0) is 4.74 Å². The maximum Gasteiger partial charge on any atom is 0.340 e. The van der Waals surface area contributed by atoms with Crippen LogP contribution in [0.1, 0.15) is 17.3 Å². The average molecular weight is 296 g/mol. The lowest BCUT2D eigenvalue weighted by molar-refractivity contribution is 0.0527. The molecule has 2 aromatic rings. The van der Waals surface area contributed by atoms with Crippen molar-refractivity contribution in [1.82, 2.24) is 9.97 Å². The molecule has 0 amide bonds. The van der Waals surface area contributed by atoms with Gasteiger partial charge in [-0.05, 0) is 30.7 Å². The zero-order chi connectivity index (χ0) is 14.5. The van der Waals surface area contributed by atoms with Crippen LogP contribution in [0.25, 0.3) is 0 Å². The maximum absolute atomic E-state index is 13.6. The molecule has 0 aliphatic carbocycles. The first kappa shape index (κ1) is 14.2. The van der Waals surface area contributed by atoms with Crippen LogP contribution >= 0.6 is 11.6 Å². The zero-order valence-corrected chi connectivity index (χ0v) is 11.3. The van der Waals surface area contributed by atoms with Crippen LogP contribution in [0.2, 0.25) is 5.28 Å². The SMILES string of the molecule is CCOC(=O)c1ccccc1Nc1nc(Cl)ncc1F. The van der Waals surface area contributed by atoms with E-state index in [1.54, 1.807) is 31.2 Å². The first-order valence-electron chi connectivity index (χ1n) is 5.83. The minimum absolute atomic E-state index is 0.0949. The van der Waals surface area contributed by atoms with Gasteiger partial charge in [-0.2, -0.15) is 4.98 Å². The number of esters is 1. The van der Waals surface area contributed by atoms with Crippen molar-refractivity contribution >= 4 is 29.1 Å². The molecule has 0 radical (unpaired) electrons. The summed E-state index contributed by atoms with van der Waals surface area (Å²) in [5.74, 6) is -1.29. The van der Waals surface area contributed by atoms with Crippen molar-refractivity contribution in [1.29, 1.82) is 0 Å². The predicted octanol–water partition coefficient (Wildman–Crippen LogP) is 3.19. The number of rotatable bonds is 4. The number of benzene rings is 1. The van der Waals surface area contributed by atoms with Gasteiger partial charge < -0.3 is 10.1 Å². The molecule has 0 bridgehead atoms. The van der Waals surface area contributed by atoms with Crippen molar-refractivity contribution in [3.63, 3.8) is 0 Å². The standard InChI is InChI=1S/C13H11ClFN3O2/c1-2-20-12(19)8-5-3-4-6-10(8)17-11-9(15)7-16-13(14)18-11/h3-7H,2H2,1H3,(H,16,17,18). The van der Waals surface area contributed by atoms with E-state index in [1.807, 2.05) is 0 Å². The van der Waals surface area contributed by atoms with Crippen LogP contribution in [0.15, 0.2) is 30.5 Å². The Morgan fingerprint density at radius 1 is 1.45 bits per heavy atom. The van der Waals surface area contributed by atoms with Crippen molar-refractivity contribution in [3.8, 4) is 0 Å². The Morgan fingerprint density at radius 2 is 2.20 bits per heavy atom. The van der Waals surface area contributed by atoms with Gasteiger partial charge in [-0.25, -0.2) is 14.2 Å². The topological polar surface area (TPSA) is 64.1 Å². The van der Waals surface area contributed by atoms with Crippen molar-refractivity contribution in [2.24, 2.45) is 0 Å². The van der Waals surface area contributed by atoms with Crippen LogP contribution in [0.5, 0.6) is 0 Å². The fourth-order valence-electron chi connectivity index (χ4n) is 1.54. The van der Waals surface area contributed by atoms with Gasteiger partial charge in [0.2, 0.25) is 5.28 Å². The summed E-state index contributed by atoms with van der Waals surface area (Å²) in [6.45, 7) is 1.96. The molecule has 0 aliphatic heterocycles. The highest BCUT2D eigenvalue weighted by molar-refractivity contribution is 6.28. The third-order valence-corrected chi connectivity index (χ3v) is 2.57. The maximum atomic E-state index is 13.6. The van der Waals surface area contributed by atoms with E-state index in [-0.39, 0.29) is 23.3 Å². The van der Waals surface area contributed by atoms with E-state index in [0.717, 1.165) is 6.20 Å². The van der Waals surface area contributed by atoms with E-state index in [0.29, 0.717) is 5.69 Å². The summed E-state index contributed by atoms with van der Waals surface area (Å²) in [7, 11) is 0. The first-order chi connectivity index (χ1) is 9.61. The molecule has 2 rings (SSSR count). The van der Waals surface area contributed by atoms with Crippen molar-refractivity contribution in [2.75, 3.05) is 11.9 Å². The van der Waals surface area contributed by atoms with Gasteiger partial charge in [-0.15, -0.1) is 0 Å². The Kier molecular flexibility index (Phi) is 4.47. The molecular weight excluding hydrogens is 285 g/mol. The highest BCUT2D eigenvalue weighted by atomic mass is 35.5. The molecule has 0 spiro atoms. The minimum atomic E-state index is -0.673. The fourth-order valence-corrected chi connectivity index (χ4v) is 1.67. The van der Waals surface area contributed by atoms with Crippen molar-refractivity contribution < 1.29 is 13.9 Å². The summed E-state index contributed by atoms with van der Waals surface area (Å²) in [6, 6.07) is 6.56. The Hall–Kier alpha value is -2.21. The lowest BCUT2D eigenvalue weighted by Crippen LogP contribution is -2.09. The number of aromatic nitrogens is 2. The smallest absolute Gasteiger partial charge is 0.340 e. The summed E-state index contributed by atoms with van der Waals surface area (Å²) >= 11 is 5.61. The van der Waals surface area contributed by atoms with Gasteiger partial charge in [0, 0.05) is 0 Å². The Morgan fingerprint density at radius 3 is 2.95 bits per heavy atom. The van der Waals surface area contributed by atoms with E-state index in [2.05, 4.69) is 15.3 Å². The lowest BCUT2D eigenvalue weighted by Gasteiger charge is -2.11. The molecule has 5 nitrogen and oxygen atoms in total. The molecule has 0 unspecified atom stereocenters. The van der Waals surface area contributed by atoms with Crippen LogP contribution in [0.4, 0.5) is 15.9 Å².